The number of hydrogen-bond donors (Lipinski definition) is 1. The molecule has 2 unspecified atom stereocenters. The van der Waals surface area contributed by atoms with Gasteiger partial charge in [0.2, 0.25) is 11.8 Å². The van der Waals surface area contributed by atoms with Crippen LogP contribution in [0.25, 0.3) is 0 Å². The summed E-state index contributed by atoms with van der Waals surface area (Å²) in [6, 6.07) is 5.62. The first-order chi connectivity index (χ1) is 11.4. The zero-order valence-electron chi connectivity index (χ0n) is 13.5. The maximum absolute atomic E-state index is 13.7. The van der Waals surface area contributed by atoms with Crippen LogP contribution >= 0.6 is 11.8 Å². The largest absolute Gasteiger partial charge is 0.468 e. The molecule has 0 radical (unpaired) electrons. The van der Waals surface area contributed by atoms with Crippen molar-refractivity contribution in [3.05, 3.63) is 35.6 Å². The van der Waals surface area contributed by atoms with Crippen molar-refractivity contribution in [2.75, 3.05) is 26.5 Å². The fourth-order valence-corrected chi connectivity index (χ4v) is 3.51. The standard InChI is InChI=1S/C16H19FN2O4S/c1-19(8-14(20)23-2)16(22)12-9-24-13(15(21)18-12)7-10-5-3-4-6-11(10)17/h3-6,12-13H,7-9H2,1-2H3,(H,18,21). The van der Waals surface area contributed by atoms with Crippen molar-refractivity contribution in [2.45, 2.75) is 17.7 Å². The number of likely N-dealkylation sites (N-methyl/N-ethyl adjacent to an activating group) is 1. The minimum Gasteiger partial charge on any atom is -0.468 e. The van der Waals surface area contributed by atoms with Crippen LogP contribution in [0.5, 0.6) is 0 Å². The van der Waals surface area contributed by atoms with Gasteiger partial charge in [0.1, 0.15) is 18.4 Å². The van der Waals surface area contributed by atoms with Gasteiger partial charge in [0.15, 0.2) is 0 Å². The molecule has 130 valence electrons. The first kappa shape index (κ1) is 18.3. The van der Waals surface area contributed by atoms with Gasteiger partial charge in [-0.3, -0.25) is 14.4 Å². The molecule has 1 heterocycles. The minimum absolute atomic E-state index is 0.176. The second-order valence-electron chi connectivity index (χ2n) is 5.45. The lowest BCUT2D eigenvalue weighted by atomic mass is 10.1. The van der Waals surface area contributed by atoms with Gasteiger partial charge < -0.3 is 15.0 Å². The molecule has 1 fully saturated rings. The molecular weight excluding hydrogens is 335 g/mol. The number of rotatable bonds is 5. The van der Waals surface area contributed by atoms with Crippen molar-refractivity contribution < 1.29 is 23.5 Å². The van der Waals surface area contributed by atoms with E-state index in [1.54, 1.807) is 18.2 Å². The predicted octanol–water partition coefficient (Wildman–Crippen LogP) is 0.600. The fourth-order valence-electron chi connectivity index (χ4n) is 2.34. The molecule has 24 heavy (non-hydrogen) atoms. The summed E-state index contributed by atoms with van der Waals surface area (Å²) in [7, 11) is 2.72. The Balaban J connectivity index is 1.93. The molecular formula is C16H19FN2O4S. The topological polar surface area (TPSA) is 75.7 Å². The highest BCUT2D eigenvalue weighted by atomic mass is 32.2. The van der Waals surface area contributed by atoms with Crippen LogP contribution in [0, 0.1) is 5.82 Å². The maximum Gasteiger partial charge on any atom is 0.325 e. The molecule has 1 aromatic rings. The van der Waals surface area contributed by atoms with Gasteiger partial charge in [0.05, 0.1) is 12.4 Å². The van der Waals surface area contributed by atoms with Gasteiger partial charge in [-0.2, -0.15) is 0 Å². The summed E-state index contributed by atoms with van der Waals surface area (Å²) in [5, 5.41) is 2.21. The average molecular weight is 354 g/mol. The van der Waals surface area contributed by atoms with E-state index in [2.05, 4.69) is 10.1 Å². The van der Waals surface area contributed by atoms with E-state index in [9.17, 15) is 18.8 Å². The molecule has 2 rings (SSSR count). The number of thioether (sulfide) groups is 1. The van der Waals surface area contributed by atoms with Crippen LogP contribution in [-0.2, 0) is 25.5 Å². The van der Waals surface area contributed by atoms with E-state index in [4.69, 9.17) is 0 Å². The summed E-state index contributed by atoms with van der Waals surface area (Å²) in [5.74, 6) is -1.17. The van der Waals surface area contributed by atoms with Gasteiger partial charge in [0.25, 0.3) is 0 Å². The van der Waals surface area contributed by atoms with Gasteiger partial charge in [-0.25, -0.2) is 4.39 Å². The predicted molar refractivity (Wildman–Crippen MR) is 87.9 cm³/mol. The Kier molecular flexibility index (Phi) is 6.19. The van der Waals surface area contributed by atoms with E-state index in [1.807, 2.05) is 0 Å². The number of methoxy groups -OCH3 is 1. The summed E-state index contributed by atoms with van der Waals surface area (Å²) in [4.78, 5) is 36.9. The molecule has 1 aromatic carbocycles. The van der Waals surface area contributed by atoms with Gasteiger partial charge in [-0.05, 0) is 18.1 Å². The summed E-state index contributed by atoms with van der Waals surface area (Å²) < 4.78 is 18.2. The van der Waals surface area contributed by atoms with Crippen LogP contribution in [0.1, 0.15) is 5.56 Å². The molecule has 1 aliphatic heterocycles. The molecule has 1 N–H and O–H groups in total. The van der Waals surface area contributed by atoms with E-state index < -0.39 is 17.3 Å². The Hall–Kier alpha value is -2.09. The Morgan fingerprint density at radius 1 is 1.42 bits per heavy atom. The number of ether oxygens (including phenoxy) is 1. The van der Waals surface area contributed by atoms with Gasteiger partial charge in [0, 0.05) is 12.8 Å². The monoisotopic (exact) mass is 354 g/mol. The number of carbonyl (C=O) groups is 3. The quantitative estimate of drug-likeness (QED) is 0.784. The summed E-state index contributed by atoms with van der Waals surface area (Å²) in [6.07, 6.45) is 0.266. The second kappa shape index (κ2) is 8.14. The molecule has 0 spiro atoms. The zero-order valence-corrected chi connectivity index (χ0v) is 14.3. The third-order valence-electron chi connectivity index (χ3n) is 3.70. The van der Waals surface area contributed by atoms with Crippen LogP contribution in [-0.4, -0.2) is 60.4 Å². The number of esters is 1. The Morgan fingerprint density at radius 3 is 2.75 bits per heavy atom. The lowest BCUT2D eigenvalue weighted by molar-refractivity contribution is -0.146. The van der Waals surface area contributed by atoms with Crippen molar-refractivity contribution >= 4 is 29.5 Å². The van der Waals surface area contributed by atoms with Gasteiger partial charge in [-0.1, -0.05) is 18.2 Å². The highest BCUT2D eigenvalue weighted by Crippen LogP contribution is 2.23. The SMILES string of the molecule is COC(=O)CN(C)C(=O)C1CSC(Cc2ccccc2F)C(=O)N1. The molecule has 2 amide bonds. The Bertz CT molecular complexity index is 640. The molecule has 8 heteroatoms. The van der Waals surface area contributed by atoms with Crippen LogP contribution in [0.15, 0.2) is 24.3 Å². The van der Waals surface area contributed by atoms with E-state index in [0.29, 0.717) is 11.3 Å². The van der Waals surface area contributed by atoms with Gasteiger partial charge >= 0.3 is 5.97 Å². The van der Waals surface area contributed by atoms with Crippen LogP contribution in [0.2, 0.25) is 0 Å². The molecule has 0 aliphatic carbocycles. The molecule has 0 aromatic heterocycles. The Labute approximate surface area is 143 Å². The number of benzene rings is 1. The smallest absolute Gasteiger partial charge is 0.325 e. The third-order valence-corrected chi connectivity index (χ3v) is 5.01. The van der Waals surface area contributed by atoms with Crippen molar-refractivity contribution in [1.29, 1.82) is 0 Å². The minimum atomic E-state index is -0.700. The molecule has 1 aliphatic rings. The van der Waals surface area contributed by atoms with Crippen molar-refractivity contribution in [3.8, 4) is 0 Å². The second-order valence-corrected chi connectivity index (χ2v) is 6.68. The highest BCUT2D eigenvalue weighted by molar-refractivity contribution is 8.00. The number of hydrogen-bond acceptors (Lipinski definition) is 5. The molecule has 1 saturated heterocycles. The van der Waals surface area contributed by atoms with E-state index in [-0.39, 0.29) is 30.6 Å². The van der Waals surface area contributed by atoms with Crippen LogP contribution < -0.4 is 5.32 Å². The van der Waals surface area contributed by atoms with E-state index in [0.717, 1.165) is 0 Å². The summed E-state index contributed by atoms with van der Waals surface area (Å²) in [5.41, 5.74) is 0.470. The first-order valence-electron chi connectivity index (χ1n) is 7.39. The van der Waals surface area contributed by atoms with Gasteiger partial charge in [-0.15, -0.1) is 11.8 Å². The van der Waals surface area contributed by atoms with Crippen molar-refractivity contribution in [2.24, 2.45) is 0 Å². The number of amides is 2. The number of carbonyl (C=O) groups excluding carboxylic acids is 3. The number of nitrogens with one attached hydrogen (secondary N) is 1. The molecule has 0 bridgehead atoms. The third kappa shape index (κ3) is 4.47. The lowest BCUT2D eigenvalue weighted by Gasteiger charge is -2.30. The Morgan fingerprint density at radius 2 is 2.12 bits per heavy atom. The number of nitrogens with zero attached hydrogens (tertiary/aromatic N) is 1. The molecule has 0 saturated carbocycles. The number of halogens is 1. The van der Waals surface area contributed by atoms with Crippen molar-refractivity contribution in [3.63, 3.8) is 0 Å². The van der Waals surface area contributed by atoms with E-state index in [1.165, 1.54) is 36.9 Å². The molecule has 2 atom stereocenters. The normalized spacial score (nSPS) is 20.2. The maximum atomic E-state index is 13.7. The van der Waals surface area contributed by atoms with Crippen molar-refractivity contribution in [1.82, 2.24) is 10.2 Å². The fraction of sp³-hybridized carbons (Fsp3) is 0.438. The zero-order chi connectivity index (χ0) is 17.7. The van der Waals surface area contributed by atoms with Crippen LogP contribution in [0.3, 0.4) is 0 Å². The molecule has 6 nitrogen and oxygen atoms in total. The van der Waals surface area contributed by atoms with E-state index >= 15 is 0 Å². The highest BCUT2D eigenvalue weighted by Gasteiger charge is 2.34. The van der Waals surface area contributed by atoms with Crippen LogP contribution in [0.4, 0.5) is 4.39 Å². The average Bonchev–Trinajstić information content (AvgIpc) is 2.57. The first-order valence-corrected chi connectivity index (χ1v) is 8.44. The lowest BCUT2D eigenvalue weighted by Crippen LogP contribution is -2.55. The summed E-state index contributed by atoms with van der Waals surface area (Å²) >= 11 is 1.31. The summed E-state index contributed by atoms with van der Waals surface area (Å²) in [6.45, 7) is -0.176.